The first-order valence-corrected chi connectivity index (χ1v) is 8.20. The number of nitrogens with one attached hydrogen (secondary N) is 1. The first-order chi connectivity index (χ1) is 11.1. The van der Waals surface area contributed by atoms with Crippen LogP contribution in [0.3, 0.4) is 0 Å². The van der Waals surface area contributed by atoms with Gasteiger partial charge < -0.3 is 15.2 Å². The second-order valence-electron chi connectivity index (χ2n) is 6.34. The minimum Gasteiger partial charge on any atom is -0.388 e. The number of hydrogen-bond acceptors (Lipinski definition) is 4. The third-order valence-electron chi connectivity index (χ3n) is 4.62. The van der Waals surface area contributed by atoms with Gasteiger partial charge in [-0.25, -0.2) is 4.68 Å². The van der Waals surface area contributed by atoms with Crippen LogP contribution in [0, 0.1) is 13.8 Å². The van der Waals surface area contributed by atoms with Crippen LogP contribution in [0.2, 0.25) is 0 Å². The van der Waals surface area contributed by atoms with Crippen molar-refractivity contribution >= 4 is 0 Å². The molecule has 0 amide bonds. The monoisotopic (exact) mass is 315 g/mol. The molecule has 1 aliphatic rings. The van der Waals surface area contributed by atoms with Crippen LogP contribution in [-0.2, 0) is 11.3 Å². The highest BCUT2D eigenvalue weighted by Crippen LogP contribution is 2.21. The quantitative estimate of drug-likeness (QED) is 0.887. The lowest BCUT2D eigenvalue weighted by Crippen LogP contribution is -2.44. The summed E-state index contributed by atoms with van der Waals surface area (Å²) in [4.78, 5) is 0. The summed E-state index contributed by atoms with van der Waals surface area (Å²) >= 11 is 0. The molecule has 0 spiro atoms. The number of hydrogen-bond donors (Lipinski definition) is 2. The molecule has 5 nitrogen and oxygen atoms in total. The van der Waals surface area contributed by atoms with Gasteiger partial charge in [-0.1, -0.05) is 18.2 Å². The fourth-order valence-corrected chi connectivity index (χ4v) is 3.10. The topological polar surface area (TPSA) is 59.3 Å². The van der Waals surface area contributed by atoms with Crippen molar-refractivity contribution in [3.05, 3.63) is 47.3 Å². The molecule has 1 aromatic carbocycles. The lowest BCUT2D eigenvalue weighted by molar-refractivity contribution is -0.0617. The summed E-state index contributed by atoms with van der Waals surface area (Å²) < 4.78 is 7.30. The smallest absolute Gasteiger partial charge is 0.0815 e. The summed E-state index contributed by atoms with van der Waals surface area (Å²) in [6.45, 7) is 6.71. The summed E-state index contributed by atoms with van der Waals surface area (Å²) in [6.07, 6.45) is 1.39. The molecule has 5 heteroatoms. The third-order valence-corrected chi connectivity index (χ3v) is 4.62. The fourth-order valence-electron chi connectivity index (χ4n) is 3.10. The van der Waals surface area contributed by atoms with Crippen molar-refractivity contribution in [2.45, 2.75) is 38.8 Å². The maximum Gasteiger partial charge on any atom is 0.0815 e. The van der Waals surface area contributed by atoms with Crippen LogP contribution in [0.25, 0.3) is 5.69 Å². The van der Waals surface area contributed by atoms with E-state index in [0.29, 0.717) is 39.1 Å². The molecule has 2 aromatic rings. The SMILES string of the molecule is Cc1nn(-c2ccccc2)c(C)c1CNCC1(O)CCOCC1. The Balaban J connectivity index is 1.68. The molecule has 0 bridgehead atoms. The Bertz CT molecular complexity index is 646. The van der Waals surface area contributed by atoms with Gasteiger partial charge in [0.15, 0.2) is 0 Å². The van der Waals surface area contributed by atoms with Gasteiger partial charge in [-0.3, -0.25) is 0 Å². The molecular weight excluding hydrogens is 290 g/mol. The van der Waals surface area contributed by atoms with Gasteiger partial charge in [0, 0.05) is 50.4 Å². The number of benzene rings is 1. The van der Waals surface area contributed by atoms with Gasteiger partial charge in [-0.15, -0.1) is 0 Å². The molecule has 0 unspecified atom stereocenters. The number of aromatic nitrogens is 2. The van der Waals surface area contributed by atoms with Gasteiger partial charge in [0.2, 0.25) is 0 Å². The number of ether oxygens (including phenoxy) is 1. The Morgan fingerprint density at radius 3 is 2.61 bits per heavy atom. The molecule has 0 saturated carbocycles. The maximum atomic E-state index is 10.5. The van der Waals surface area contributed by atoms with Crippen molar-refractivity contribution in [2.75, 3.05) is 19.8 Å². The van der Waals surface area contributed by atoms with E-state index in [-0.39, 0.29) is 0 Å². The number of rotatable bonds is 5. The second kappa shape index (κ2) is 6.83. The van der Waals surface area contributed by atoms with E-state index in [1.807, 2.05) is 29.8 Å². The fraction of sp³-hybridized carbons (Fsp3) is 0.500. The maximum absolute atomic E-state index is 10.5. The van der Waals surface area contributed by atoms with E-state index < -0.39 is 5.60 Å². The first-order valence-electron chi connectivity index (χ1n) is 8.20. The van der Waals surface area contributed by atoms with E-state index in [1.165, 1.54) is 5.56 Å². The molecule has 0 atom stereocenters. The van der Waals surface area contributed by atoms with Crippen molar-refractivity contribution in [2.24, 2.45) is 0 Å². The molecule has 1 fully saturated rings. The minimum absolute atomic E-state index is 0.589. The van der Waals surface area contributed by atoms with Crippen LogP contribution >= 0.6 is 0 Å². The average Bonchev–Trinajstić information content (AvgIpc) is 2.84. The summed E-state index contributed by atoms with van der Waals surface area (Å²) in [6, 6.07) is 10.2. The van der Waals surface area contributed by atoms with Gasteiger partial charge in [-0.2, -0.15) is 5.10 Å². The molecule has 2 N–H and O–H groups in total. The number of nitrogens with zero attached hydrogens (tertiary/aromatic N) is 2. The molecule has 0 radical (unpaired) electrons. The molecule has 23 heavy (non-hydrogen) atoms. The summed E-state index contributed by atoms with van der Waals surface area (Å²) in [5.41, 5.74) is 3.79. The minimum atomic E-state index is -0.643. The van der Waals surface area contributed by atoms with E-state index in [4.69, 9.17) is 4.74 Å². The second-order valence-corrected chi connectivity index (χ2v) is 6.34. The van der Waals surface area contributed by atoms with Crippen LogP contribution in [-0.4, -0.2) is 40.2 Å². The van der Waals surface area contributed by atoms with Gasteiger partial charge in [0.25, 0.3) is 0 Å². The van der Waals surface area contributed by atoms with Gasteiger partial charge in [0.1, 0.15) is 0 Å². The van der Waals surface area contributed by atoms with Crippen LogP contribution < -0.4 is 5.32 Å². The highest BCUT2D eigenvalue weighted by Gasteiger charge is 2.29. The van der Waals surface area contributed by atoms with Crippen LogP contribution in [0.5, 0.6) is 0 Å². The molecule has 3 rings (SSSR count). The predicted molar refractivity (Wildman–Crippen MR) is 89.7 cm³/mol. The summed E-state index contributed by atoms with van der Waals surface area (Å²) in [5.74, 6) is 0. The molecular formula is C18H25N3O2. The van der Waals surface area contributed by atoms with E-state index in [0.717, 1.165) is 17.1 Å². The Morgan fingerprint density at radius 2 is 1.91 bits per heavy atom. The third kappa shape index (κ3) is 3.63. The number of aliphatic hydroxyl groups is 1. The normalized spacial score (nSPS) is 17.3. The largest absolute Gasteiger partial charge is 0.388 e. The van der Waals surface area contributed by atoms with Gasteiger partial charge in [0.05, 0.1) is 17.0 Å². The Hall–Kier alpha value is -1.69. The lowest BCUT2D eigenvalue weighted by Gasteiger charge is -2.32. The lowest BCUT2D eigenvalue weighted by atomic mass is 9.94. The molecule has 124 valence electrons. The van der Waals surface area contributed by atoms with Crippen LogP contribution in [0.1, 0.15) is 29.8 Å². The zero-order chi connectivity index (χ0) is 16.3. The van der Waals surface area contributed by atoms with Crippen molar-refractivity contribution in [1.29, 1.82) is 0 Å². The highest BCUT2D eigenvalue weighted by atomic mass is 16.5. The first kappa shape index (κ1) is 16.2. The van der Waals surface area contributed by atoms with Crippen LogP contribution in [0.15, 0.2) is 30.3 Å². The standard InChI is InChI=1S/C18H25N3O2/c1-14-17(12-19-13-18(22)8-10-23-11-9-18)15(2)21(20-14)16-6-4-3-5-7-16/h3-7,19,22H,8-13H2,1-2H3. The summed E-state index contributed by atoms with van der Waals surface area (Å²) in [7, 11) is 0. The van der Waals surface area contributed by atoms with Gasteiger partial charge >= 0.3 is 0 Å². The molecule has 2 heterocycles. The van der Waals surface area contributed by atoms with Gasteiger partial charge in [-0.05, 0) is 26.0 Å². The molecule has 0 aliphatic carbocycles. The Kier molecular flexibility index (Phi) is 4.80. The molecule has 1 aromatic heterocycles. The van der Waals surface area contributed by atoms with E-state index in [9.17, 15) is 5.11 Å². The average molecular weight is 315 g/mol. The molecule has 1 aliphatic heterocycles. The zero-order valence-electron chi connectivity index (χ0n) is 13.9. The van der Waals surface area contributed by atoms with E-state index in [2.05, 4.69) is 29.5 Å². The summed E-state index contributed by atoms with van der Waals surface area (Å²) in [5, 5.41) is 18.6. The number of para-hydroxylation sites is 1. The van der Waals surface area contributed by atoms with Crippen molar-refractivity contribution in [1.82, 2.24) is 15.1 Å². The van der Waals surface area contributed by atoms with Crippen molar-refractivity contribution in [3.8, 4) is 5.69 Å². The highest BCUT2D eigenvalue weighted by molar-refractivity contribution is 5.36. The molecule has 1 saturated heterocycles. The zero-order valence-corrected chi connectivity index (χ0v) is 13.9. The number of aryl methyl sites for hydroxylation is 1. The van der Waals surface area contributed by atoms with E-state index in [1.54, 1.807) is 0 Å². The van der Waals surface area contributed by atoms with Crippen molar-refractivity contribution < 1.29 is 9.84 Å². The Morgan fingerprint density at radius 1 is 1.22 bits per heavy atom. The van der Waals surface area contributed by atoms with Crippen LogP contribution in [0.4, 0.5) is 0 Å². The predicted octanol–water partition coefficient (Wildman–Crippen LogP) is 2.12. The van der Waals surface area contributed by atoms with Crippen molar-refractivity contribution in [3.63, 3.8) is 0 Å². The Labute approximate surface area is 137 Å². The van der Waals surface area contributed by atoms with E-state index >= 15 is 0 Å².